The van der Waals surface area contributed by atoms with Crippen molar-refractivity contribution in [3.63, 3.8) is 0 Å². The Labute approximate surface area is 104 Å². The van der Waals surface area contributed by atoms with Crippen molar-refractivity contribution in [1.29, 1.82) is 0 Å². The molecule has 2 heterocycles. The third kappa shape index (κ3) is 1.94. The monoisotopic (exact) mass is 243 g/mol. The van der Waals surface area contributed by atoms with Crippen LogP contribution < -0.4 is 4.74 Å². The zero-order chi connectivity index (χ0) is 11.7. The number of H-pyrrole nitrogens is 1. The van der Waals surface area contributed by atoms with Crippen LogP contribution in [0.25, 0.3) is 21.5 Å². The lowest BCUT2D eigenvalue weighted by Gasteiger charge is -2.01. The summed E-state index contributed by atoms with van der Waals surface area (Å²) < 4.78 is 5.50. The van der Waals surface area contributed by atoms with E-state index in [0.29, 0.717) is 6.61 Å². The van der Waals surface area contributed by atoms with Gasteiger partial charge in [-0.1, -0.05) is 6.07 Å². The highest BCUT2D eigenvalue weighted by molar-refractivity contribution is 7.13. The zero-order valence-corrected chi connectivity index (χ0v) is 10.4. The molecule has 1 aromatic carbocycles. The average Bonchev–Trinajstić information content (AvgIpc) is 2.97. The molecule has 3 heteroatoms. The minimum absolute atomic E-state index is 0.702. The first kappa shape index (κ1) is 10.4. The maximum absolute atomic E-state index is 5.50. The third-order valence-electron chi connectivity index (χ3n) is 2.69. The largest absolute Gasteiger partial charge is 0.494 e. The van der Waals surface area contributed by atoms with Crippen LogP contribution in [0.1, 0.15) is 6.92 Å². The second-order valence-corrected chi connectivity index (χ2v) is 4.79. The maximum atomic E-state index is 5.50. The lowest BCUT2D eigenvalue weighted by Crippen LogP contribution is -1.90. The van der Waals surface area contributed by atoms with E-state index in [4.69, 9.17) is 4.74 Å². The Bertz CT molecular complexity index is 625. The number of nitrogens with one attached hydrogen (secondary N) is 1. The van der Waals surface area contributed by atoms with E-state index in [1.807, 2.05) is 13.0 Å². The second-order valence-electron chi connectivity index (χ2n) is 3.84. The highest BCUT2D eigenvalue weighted by Gasteiger charge is 2.04. The van der Waals surface area contributed by atoms with Crippen molar-refractivity contribution in [2.45, 2.75) is 6.92 Å². The molecule has 0 radical (unpaired) electrons. The number of fused-ring (bicyclic) bond motifs is 1. The highest BCUT2D eigenvalue weighted by atomic mass is 32.1. The van der Waals surface area contributed by atoms with Crippen molar-refractivity contribution in [3.8, 4) is 16.3 Å². The number of thiophene rings is 1. The van der Waals surface area contributed by atoms with Crippen LogP contribution in [0.2, 0.25) is 0 Å². The molecule has 0 bridgehead atoms. The van der Waals surface area contributed by atoms with Gasteiger partial charge >= 0.3 is 0 Å². The van der Waals surface area contributed by atoms with E-state index in [1.54, 1.807) is 11.3 Å². The summed E-state index contributed by atoms with van der Waals surface area (Å²) in [6.07, 6.45) is 0. The van der Waals surface area contributed by atoms with Crippen LogP contribution in [0.3, 0.4) is 0 Å². The molecule has 3 rings (SSSR count). The van der Waals surface area contributed by atoms with Crippen LogP contribution in [-0.2, 0) is 0 Å². The molecule has 0 aliphatic heterocycles. The van der Waals surface area contributed by atoms with E-state index in [-0.39, 0.29) is 0 Å². The number of hydrogen-bond donors (Lipinski definition) is 1. The van der Waals surface area contributed by atoms with Gasteiger partial charge in [0.15, 0.2) is 0 Å². The molecule has 17 heavy (non-hydrogen) atoms. The van der Waals surface area contributed by atoms with Crippen molar-refractivity contribution < 1.29 is 4.74 Å². The number of hydrogen-bond acceptors (Lipinski definition) is 2. The van der Waals surface area contributed by atoms with E-state index in [1.165, 1.54) is 16.0 Å². The van der Waals surface area contributed by atoms with Gasteiger partial charge in [0.25, 0.3) is 0 Å². The fourth-order valence-corrected chi connectivity index (χ4v) is 2.63. The summed E-state index contributed by atoms with van der Waals surface area (Å²) in [5, 5.41) is 3.28. The smallest absolute Gasteiger partial charge is 0.120 e. The Morgan fingerprint density at radius 2 is 2.18 bits per heavy atom. The zero-order valence-electron chi connectivity index (χ0n) is 9.57. The van der Waals surface area contributed by atoms with Crippen LogP contribution in [0, 0.1) is 0 Å². The number of aromatic amines is 1. The van der Waals surface area contributed by atoms with Crippen molar-refractivity contribution in [2.75, 3.05) is 6.61 Å². The van der Waals surface area contributed by atoms with Gasteiger partial charge in [-0.2, -0.15) is 0 Å². The molecule has 86 valence electrons. The fourth-order valence-electron chi connectivity index (χ4n) is 1.93. The second kappa shape index (κ2) is 4.26. The third-order valence-corrected chi connectivity index (χ3v) is 3.59. The average molecular weight is 243 g/mol. The first-order valence-corrected chi connectivity index (χ1v) is 6.54. The number of rotatable bonds is 3. The molecule has 0 unspecified atom stereocenters. The van der Waals surface area contributed by atoms with E-state index in [9.17, 15) is 0 Å². The Kier molecular flexibility index (Phi) is 2.61. The summed E-state index contributed by atoms with van der Waals surface area (Å²) in [6.45, 7) is 2.70. The van der Waals surface area contributed by atoms with Gasteiger partial charge in [-0.3, -0.25) is 0 Å². The molecule has 0 amide bonds. The SMILES string of the molecule is CCOc1ccc2[nH]c(-c3cccs3)cc2c1. The van der Waals surface area contributed by atoms with E-state index >= 15 is 0 Å². The molecule has 1 N–H and O–H groups in total. The van der Waals surface area contributed by atoms with E-state index in [0.717, 1.165) is 11.3 Å². The van der Waals surface area contributed by atoms with Crippen LogP contribution in [0.5, 0.6) is 5.75 Å². The molecule has 0 saturated carbocycles. The molecule has 0 spiro atoms. The minimum atomic E-state index is 0.702. The number of aromatic nitrogens is 1. The lowest BCUT2D eigenvalue weighted by atomic mass is 10.2. The van der Waals surface area contributed by atoms with Crippen LogP contribution >= 0.6 is 11.3 Å². The number of ether oxygens (including phenoxy) is 1. The van der Waals surface area contributed by atoms with Gasteiger partial charge in [0.2, 0.25) is 0 Å². The van der Waals surface area contributed by atoms with Gasteiger partial charge < -0.3 is 9.72 Å². The summed E-state index contributed by atoms with van der Waals surface area (Å²) in [7, 11) is 0. The summed E-state index contributed by atoms with van der Waals surface area (Å²) in [5.41, 5.74) is 2.32. The lowest BCUT2D eigenvalue weighted by molar-refractivity contribution is 0.341. The van der Waals surface area contributed by atoms with Crippen LogP contribution in [0.15, 0.2) is 41.8 Å². The van der Waals surface area contributed by atoms with Crippen LogP contribution in [-0.4, -0.2) is 11.6 Å². The topological polar surface area (TPSA) is 25.0 Å². The molecular weight excluding hydrogens is 230 g/mol. The van der Waals surface area contributed by atoms with Crippen molar-refractivity contribution in [2.24, 2.45) is 0 Å². The van der Waals surface area contributed by atoms with Gasteiger partial charge in [0, 0.05) is 10.9 Å². The maximum Gasteiger partial charge on any atom is 0.120 e. The van der Waals surface area contributed by atoms with Gasteiger partial charge in [-0.05, 0) is 42.6 Å². The highest BCUT2D eigenvalue weighted by Crippen LogP contribution is 2.29. The van der Waals surface area contributed by atoms with Crippen LogP contribution in [0.4, 0.5) is 0 Å². The van der Waals surface area contributed by atoms with Gasteiger partial charge in [0.05, 0.1) is 17.2 Å². The summed E-state index contributed by atoms with van der Waals surface area (Å²) in [5.74, 6) is 0.928. The quantitative estimate of drug-likeness (QED) is 0.729. The first-order valence-electron chi connectivity index (χ1n) is 5.66. The summed E-state index contributed by atoms with van der Waals surface area (Å²) in [4.78, 5) is 4.69. The minimum Gasteiger partial charge on any atom is -0.494 e. The number of benzene rings is 1. The molecule has 2 nitrogen and oxygen atoms in total. The Balaban J connectivity index is 2.07. The molecule has 0 aliphatic carbocycles. The predicted octanol–water partition coefficient (Wildman–Crippen LogP) is 4.30. The summed E-state index contributed by atoms with van der Waals surface area (Å²) >= 11 is 1.74. The Hall–Kier alpha value is -1.74. The molecular formula is C14H13NOS. The molecule has 0 atom stereocenters. The van der Waals surface area contributed by atoms with Gasteiger partial charge in [0.1, 0.15) is 5.75 Å². The first-order chi connectivity index (χ1) is 8.36. The van der Waals surface area contributed by atoms with E-state index in [2.05, 4.69) is 40.7 Å². The Morgan fingerprint density at radius 3 is 2.94 bits per heavy atom. The predicted molar refractivity (Wildman–Crippen MR) is 72.8 cm³/mol. The standard InChI is InChI=1S/C14H13NOS/c1-2-16-11-5-6-12-10(8-11)9-13(15-12)14-4-3-7-17-14/h3-9,15H,2H2,1H3. The van der Waals surface area contributed by atoms with Crippen molar-refractivity contribution in [1.82, 2.24) is 4.98 Å². The fraction of sp³-hybridized carbons (Fsp3) is 0.143. The van der Waals surface area contributed by atoms with Gasteiger partial charge in [-0.25, -0.2) is 0 Å². The summed E-state index contributed by atoms with van der Waals surface area (Å²) in [6, 6.07) is 12.5. The molecule has 0 saturated heterocycles. The van der Waals surface area contributed by atoms with Crippen molar-refractivity contribution >= 4 is 22.2 Å². The molecule has 0 aliphatic rings. The Morgan fingerprint density at radius 1 is 1.24 bits per heavy atom. The molecule has 0 fully saturated rings. The van der Waals surface area contributed by atoms with Crippen molar-refractivity contribution in [3.05, 3.63) is 41.8 Å². The van der Waals surface area contributed by atoms with Gasteiger partial charge in [-0.15, -0.1) is 11.3 Å². The molecule has 3 aromatic rings. The van der Waals surface area contributed by atoms with E-state index < -0.39 is 0 Å². The molecule has 2 aromatic heterocycles. The normalized spacial score (nSPS) is 10.9.